The number of aromatic nitrogens is 1. The third kappa shape index (κ3) is 3.27. The molecule has 1 aromatic heterocycles. The zero-order chi connectivity index (χ0) is 14.0. The smallest absolute Gasteiger partial charge is 0.268 e. The highest BCUT2D eigenvalue weighted by atomic mass is 16.2. The summed E-state index contributed by atoms with van der Waals surface area (Å²) in [6, 6.07) is 1.36. The predicted octanol–water partition coefficient (Wildman–Crippen LogP) is 0.487. The molecule has 1 aromatic rings. The molecule has 2 amide bonds. The Hall–Kier alpha value is -1.98. The van der Waals surface area contributed by atoms with Crippen LogP contribution in [0.4, 0.5) is 5.69 Å². The Morgan fingerprint density at radius 2 is 2.21 bits per heavy atom. The van der Waals surface area contributed by atoms with Crippen molar-refractivity contribution in [2.45, 2.75) is 45.3 Å². The fraction of sp³-hybridized carbons (Fsp3) is 0.538. The summed E-state index contributed by atoms with van der Waals surface area (Å²) in [6.07, 6.45) is 3.77. The van der Waals surface area contributed by atoms with Crippen LogP contribution < -0.4 is 16.4 Å². The minimum absolute atomic E-state index is 0.140. The van der Waals surface area contributed by atoms with Crippen molar-refractivity contribution in [3.63, 3.8) is 0 Å². The standard InChI is InChI=1S/C13H20N4O2/c1-3-17-7-9(14)6-11(17)13(19)15-8(2)12(18)16-10-4-5-10/h6-8,10H,3-5,14H2,1-2H3,(H,15,19)(H,16,18). The van der Waals surface area contributed by atoms with E-state index in [1.807, 2.05) is 6.92 Å². The summed E-state index contributed by atoms with van der Waals surface area (Å²) >= 11 is 0. The van der Waals surface area contributed by atoms with Crippen LogP contribution in [0.2, 0.25) is 0 Å². The lowest BCUT2D eigenvalue weighted by Crippen LogP contribution is -2.45. The summed E-state index contributed by atoms with van der Waals surface area (Å²) in [5, 5.41) is 5.55. The minimum atomic E-state index is -0.547. The zero-order valence-corrected chi connectivity index (χ0v) is 11.3. The maximum atomic E-state index is 12.1. The first-order valence-electron chi connectivity index (χ1n) is 6.58. The normalized spacial score (nSPS) is 15.9. The molecule has 1 fully saturated rings. The molecule has 6 nitrogen and oxygen atoms in total. The highest BCUT2D eigenvalue weighted by Crippen LogP contribution is 2.18. The lowest BCUT2D eigenvalue weighted by molar-refractivity contribution is -0.122. The Bertz CT molecular complexity index is 491. The number of anilines is 1. The third-order valence-electron chi connectivity index (χ3n) is 3.16. The number of carbonyl (C=O) groups excluding carboxylic acids is 2. The second-order valence-electron chi connectivity index (χ2n) is 4.92. The second kappa shape index (κ2) is 5.34. The van der Waals surface area contributed by atoms with Gasteiger partial charge in [-0.05, 0) is 32.8 Å². The van der Waals surface area contributed by atoms with Crippen molar-refractivity contribution in [1.82, 2.24) is 15.2 Å². The van der Waals surface area contributed by atoms with Crippen molar-refractivity contribution < 1.29 is 9.59 Å². The van der Waals surface area contributed by atoms with E-state index >= 15 is 0 Å². The number of nitrogens with two attached hydrogens (primary N) is 1. The van der Waals surface area contributed by atoms with Gasteiger partial charge in [-0.3, -0.25) is 9.59 Å². The van der Waals surface area contributed by atoms with Crippen molar-refractivity contribution in [3.05, 3.63) is 18.0 Å². The van der Waals surface area contributed by atoms with Crippen molar-refractivity contribution in [1.29, 1.82) is 0 Å². The number of nitrogens with zero attached hydrogens (tertiary/aromatic N) is 1. The van der Waals surface area contributed by atoms with Gasteiger partial charge in [0.2, 0.25) is 5.91 Å². The quantitative estimate of drug-likeness (QED) is 0.723. The Labute approximate surface area is 112 Å². The van der Waals surface area contributed by atoms with Crippen LogP contribution in [0, 0.1) is 0 Å². The van der Waals surface area contributed by atoms with Gasteiger partial charge in [-0.2, -0.15) is 0 Å². The fourth-order valence-electron chi connectivity index (χ4n) is 1.88. The van der Waals surface area contributed by atoms with E-state index in [0.29, 0.717) is 24.0 Å². The van der Waals surface area contributed by atoms with Gasteiger partial charge in [0.05, 0.1) is 5.69 Å². The molecule has 0 bridgehead atoms. The Kier molecular flexibility index (Phi) is 3.78. The van der Waals surface area contributed by atoms with E-state index in [1.54, 1.807) is 23.8 Å². The molecule has 0 radical (unpaired) electrons. The molecular weight excluding hydrogens is 244 g/mol. The van der Waals surface area contributed by atoms with E-state index in [2.05, 4.69) is 10.6 Å². The van der Waals surface area contributed by atoms with Gasteiger partial charge in [-0.1, -0.05) is 0 Å². The SMILES string of the molecule is CCn1cc(N)cc1C(=O)NC(C)C(=O)NC1CC1. The van der Waals surface area contributed by atoms with Crippen LogP contribution in [-0.4, -0.2) is 28.5 Å². The number of hydrogen-bond acceptors (Lipinski definition) is 3. The molecule has 104 valence electrons. The summed E-state index contributed by atoms with van der Waals surface area (Å²) in [6.45, 7) is 4.26. The van der Waals surface area contributed by atoms with Crippen LogP contribution in [0.15, 0.2) is 12.3 Å². The van der Waals surface area contributed by atoms with Gasteiger partial charge in [0.25, 0.3) is 5.91 Å². The first-order chi connectivity index (χ1) is 9.01. The molecule has 0 aromatic carbocycles. The van der Waals surface area contributed by atoms with E-state index in [1.165, 1.54) is 0 Å². The van der Waals surface area contributed by atoms with Gasteiger partial charge >= 0.3 is 0 Å². The molecule has 4 N–H and O–H groups in total. The zero-order valence-electron chi connectivity index (χ0n) is 11.3. The van der Waals surface area contributed by atoms with Gasteiger partial charge in [0.1, 0.15) is 11.7 Å². The van der Waals surface area contributed by atoms with Gasteiger partial charge in [0, 0.05) is 18.8 Å². The van der Waals surface area contributed by atoms with E-state index in [4.69, 9.17) is 5.73 Å². The summed E-state index contributed by atoms with van der Waals surface area (Å²) in [7, 11) is 0. The lowest BCUT2D eigenvalue weighted by atomic mass is 10.3. The topological polar surface area (TPSA) is 89.2 Å². The molecule has 0 aliphatic heterocycles. The molecule has 0 spiro atoms. The average molecular weight is 264 g/mol. The Balaban J connectivity index is 1.97. The molecule has 1 unspecified atom stereocenters. The third-order valence-corrected chi connectivity index (χ3v) is 3.16. The maximum absolute atomic E-state index is 12.1. The maximum Gasteiger partial charge on any atom is 0.268 e. The fourth-order valence-corrected chi connectivity index (χ4v) is 1.88. The Morgan fingerprint density at radius 1 is 1.53 bits per heavy atom. The van der Waals surface area contributed by atoms with Crippen LogP contribution in [0.5, 0.6) is 0 Å². The molecule has 6 heteroatoms. The monoisotopic (exact) mass is 264 g/mol. The number of nitrogens with one attached hydrogen (secondary N) is 2. The number of amides is 2. The average Bonchev–Trinajstić information content (AvgIpc) is 3.09. The van der Waals surface area contributed by atoms with Crippen LogP contribution in [-0.2, 0) is 11.3 Å². The lowest BCUT2D eigenvalue weighted by Gasteiger charge is -2.14. The number of hydrogen-bond donors (Lipinski definition) is 3. The molecule has 1 aliphatic rings. The molecule has 2 rings (SSSR count). The van der Waals surface area contributed by atoms with Crippen LogP contribution >= 0.6 is 0 Å². The first kappa shape index (κ1) is 13.5. The molecular formula is C13H20N4O2. The molecule has 1 saturated carbocycles. The molecule has 1 aliphatic carbocycles. The summed E-state index contributed by atoms with van der Waals surface area (Å²) < 4.78 is 1.76. The van der Waals surface area contributed by atoms with Crippen molar-refractivity contribution in [2.75, 3.05) is 5.73 Å². The Morgan fingerprint density at radius 3 is 2.79 bits per heavy atom. The van der Waals surface area contributed by atoms with Gasteiger partial charge < -0.3 is 20.9 Å². The molecule has 0 saturated heterocycles. The van der Waals surface area contributed by atoms with E-state index in [0.717, 1.165) is 12.8 Å². The predicted molar refractivity (Wildman–Crippen MR) is 72.6 cm³/mol. The van der Waals surface area contributed by atoms with Crippen molar-refractivity contribution in [2.24, 2.45) is 0 Å². The van der Waals surface area contributed by atoms with Crippen LogP contribution in [0.1, 0.15) is 37.2 Å². The number of nitrogen functional groups attached to an aromatic ring is 1. The van der Waals surface area contributed by atoms with Crippen molar-refractivity contribution >= 4 is 17.5 Å². The number of aryl methyl sites for hydroxylation is 1. The highest BCUT2D eigenvalue weighted by Gasteiger charge is 2.26. The number of carbonyl (C=O) groups is 2. The van der Waals surface area contributed by atoms with Gasteiger partial charge in [-0.15, -0.1) is 0 Å². The molecule has 1 atom stereocenters. The van der Waals surface area contributed by atoms with E-state index < -0.39 is 6.04 Å². The summed E-state index contributed by atoms with van der Waals surface area (Å²) in [4.78, 5) is 23.8. The van der Waals surface area contributed by atoms with E-state index in [9.17, 15) is 9.59 Å². The van der Waals surface area contributed by atoms with Crippen molar-refractivity contribution in [3.8, 4) is 0 Å². The van der Waals surface area contributed by atoms with Crippen LogP contribution in [0.3, 0.4) is 0 Å². The molecule has 19 heavy (non-hydrogen) atoms. The minimum Gasteiger partial charge on any atom is -0.397 e. The summed E-state index contributed by atoms with van der Waals surface area (Å²) in [5.41, 5.74) is 6.70. The summed E-state index contributed by atoms with van der Waals surface area (Å²) in [5.74, 6) is -0.421. The van der Waals surface area contributed by atoms with Gasteiger partial charge in [0.15, 0.2) is 0 Å². The second-order valence-corrected chi connectivity index (χ2v) is 4.92. The number of rotatable bonds is 5. The first-order valence-corrected chi connectivity index (χ1v) is 6.58. The van der Waals surface area contributed by atoms with Gasteiger partial charge in [-0.25, -0.2) is 0 Å². The van der Waals surface area contributed by atoms with Crippen LogP contribution in [0.25, 0.3) is 0 Å². The highest BCUT2D eigenvalue weighted by molar-refractivity contribution is 5.97. The van der Waals surface area contributed by atoms with E-state index in [-0.39, 0.29) is 11.8 Å². The largest absolute Gasteiger partial charge is 0.397 e. The molecule has 1 heterocycles.